The Kier molecular flexibility index (Phi) is 3.40. The van der Waals surface area contributed by atoms with Gasteiger partial charge in [-0.05, 0) is 17.3 Å². The van der Waals surface area contributed by atoms with Crippen LogP contribution < -0.4 is 9.64 Å². The second-order valence-corrected chi connectivity index (χ2v) is 4.13. The van der Waals surface area contributed by atoms with Crippen LogP contribution in [0.25, 0.3) is 0 Å². The molecule has 1 aliphatic rings. The first-order valence-electron chi connectivity index (χ1n) is 5.57. The number of anilines is 1. The van der Waals surface area contributed by atoms with E-state index in [-0.39, 0.29) is 37.5 Å². The molecule has 0 bridgehead atoms. The molecule has 0 aromatic carbocycles. The molecule has 2 rings (SSSR count). The Balaban J connectivity index is 2.17. The van der Waals surface area contributed by atoms with Crippen LogP contribution in [-0.2, 0) is 0 Å². The Bertz CT molecular complexity index is 444. The minimum Gasteiger partial charge on any atom is -0.479 e. The van der Waals surface area contributed by atoms with Gasteiger partial charge in [0.15, 0.2) is 5.69 Å². The van der Waals surface area contributed by atoms with Gasteiger partial charge in [-0.15, -0.1) is 4.91 Å². The van der Waals surface area contributed by atoms with E-state index in [1.807, 2.05) is 0 Å². The van der Waals surface area contributed by atoms with E-state index in [9.17, 15) is 13.7 Å². The molecule has 0 aliphatic carbocycles. The van der Waals surface area contributed by atoms with Gasteiger partial charge in [-0.25, -0.2) is 8.78 Å². The van der Waals surface area contributed by atoms with E-state index in [4.69, 9.17) is 4.74 Å². The number of rotatable bonds is 3. The SMILES string of the molecule is COc1nc(N2CCC(F)(F)CC2)ccc1N=O. The van der Waals surface area contributed by atoms with Crippen LogP contribution in [0.3, 0.4) is 0 Å². The summed E-state index contributed by atoms with van der Waals surface area (Å²) in [6.07, 6.45) is -0.380. The Hall–Kier alpha value is -1.79. The standard InChI is InChI=1S/C11H13F2N3O2/c1-18-10-8(15-17)2-3-9(14-10)16-6-4-11(12,13)5-7-16/h2-3H,4-7H2,1H3. The Labute approximate surface area is 103 Å². The van der Waals surface area contributed by atoms with Crippen molar-refractivity contribution < 1.29 is 13.5 Å². The summed E-state index contributed by atoms with van der Waals surface area (Å²) in [7, 11) is 1.38. The Morgan fingerprint density at radius 1 is 1.39 bits per heavy atom. The van der Waals surface area contributed by atoms with Gasteiger partial charge in [0, 0.05) is 25.9 Å². The predicted molar refractivity (Wildman–Crippen MR) is 62.6 cm³/mol. The lowest BCUT2D eigenvalue weighted by Gasteiger charge is -2.32. The molecule has 0 amide bonds. The van der Waals surface area contributed by atoms with E-state index >= 15 is 0 Å². The molecule has 7 heteroatoms. The fourth-order valence-electron chi connectivity index (χ4n) is 1.88. The van der Waals surface area contributed by atoms with Gasteiger partial charge in [0.05, 0.1) is 7.11 Å². The molecule has 0 spiro atoms. The maximum absolute atomic E-state index is 13.0. The fraction of sp³-hybridized carbons (Fsp3) is 0.545. The van der Waals surface area contributed by atoms with E-state index in [1.165, 1.54) is 13.2 Å². The third-order valence-electron chi connectivity index (χ3n) is 2.94. The smallest absolute Gasteiger partial charge is 0.251 e. The summed E-state index contributed by atoms with van der Waals surface area (Å²) < 4.78 is 31.0. The first kappa shape index (κ1) is 12.7. The molecule has 1 saturated heterocycles. The predicted octanol–water partition coefficient (Wildman–Crippen LogP) is 2.72. The Morgan fingerprint density at radius 3 is 2.61 bits per heavy atom. The zero-order valence-corrected chi connectivity index (χ0v) is 9.90. The monoisotopic (exact) mass is 257 g/mol. The van der Waals surface area contributed by atoms with Crippen molar-refractivity contribution in [3.8, 4) is 5.88 Å². The van der Waals surface area contributed by atoms with Crippen molar-refractivity contribution in [1.82, 2.24) is 4.98 Å². The molecular weight excluding hydrogens is 244 g/mol. The van der Waals surface area contributed by atoms with E-state index in [1.54, 1.807) is 11.0 Å². The van der Waals surface area contributed by atoms with Crippen LogP contribution in [0.2, 0.25) is 0 Å². The first-order valence-corrected chi connectivity index (χ1v) is 5.57. The van der Waals surface area contributed by atoms with Crippen molar-refractivity contribution in [2.45, 2.75) is 18.8 Å². The van der Waals surface area contributed by atoms with E-state index < -0.39 is 5.92 Å². The molecule has 0 atom stereocenters. The Morgan fingerprint density at radius 2 is 2.06 bits per heavy atom. The third kappa shape index (κ3) is 2.55. The number of nitrogens with zero attached hydrogens (tertiary/aromatic N) is 3. The van der Waals surface area contributed by atoms with Crippen LogP contribution in [0.1, 0.15) is 12.8 Å². The van der Waals surface area contributed by atoms with Crippen LogP contribution >= 0.6 is 0 Å². The number of nitroso groups, excluding NO2 is 1. The first-order chi connectivity index (χ1) is 8.55. The van der Waals surface area contributed by atoms with Crippen molar-refractivity contribution in [3.63, 3.8) is 0 Å². The molecule has 0 saturated carbocycles. The molecule has 1 aromatic rings. The highest BCUT2D eigenvalue weighted by Gasteiger charge is 2.34. The van der Waals surface area contributed by atoms with E-state index in [2.05, 4.69) is 10.2 Å². The average molecular weight is 257 g/mol. The van der Waals surface area contributed by atoms with Gasteiger partial charge in [-0.2, -0.15) is 4.98 Å². The number of piperidine rings is 1. The molecule has 0 radical (unpaired) electrons. The minimum atomic E-state index is -2.59. The lowest BCUT2D eigenvalue weighted by molar-refractivity contribution is -0.0221. The van der Waals surface area contributed by atoms with Gasteiger partial charge in [0.2, 0.25) is 5.88 Å². The highest BCUT2D eigenvalue weighted by atomic mass is 19.3. The van der Waals surface area contributed by atoms with Crippen molar-refractivity contribution in [3.05, 3.63) is 17.0 Å². The van der Waals surface area contributed by atoms with Crippen molar-refractivity contribution in [1.29, 1.82) is 0 Å². The fourth-order valence-corrected chi connectivity index (χ4v) is 1.88. The van der Waals surface area contributed by atoms with Crippen molar-refractivity contribution in [2.75, 3.05) is 25.1 Å². The third-order valence-corrected chi connectivity index (χ3v) is 2.94. The largest absolute Gasteiger partial charge is 0.479 e. The van der Waals surface area contributed by atoms with Gasteiger partial charge < -0.3 is 9.64 Å². The van der Waals surface area contributed by atoms with Gasteiger partial charge in [0.1, 0.15) is 5.82 Å². The lowest BCUT2D eigenvalue weighted by atomic mass is 10.1. The summed E-state index contributed by atoms with van der Waals surface area (Å²) in [6, 6.07) is 3.06. The van der Waals surface area contributed by atoms with E-state index in [0.29, 0.717) is 5.82 Å². The molecule has 18 heavy (non-hydrogen) atoms. The molecule has 2 heterocycles. The minimum absolute atomic E-state index is 0.101. The summed E-state index contributed by atoms with van der Waals surface area (Å²) >= 11 is 0. The number of alkyl halides is 2. The zero-order valence-electron chi connectivity index (χ0n) is 9.90. The van der Waals surface area contributed by atoms with Gasteiger partial charge in [0.25, 0.3) is 5.92 Å². The lowest BCUT2D eigenvalue weighted by Crippen LogP contribution is -2.39. The quantitative estimate of drug-likeness (QED) is 0.781. The molecule has 1 aromatic heterocycles. The van der Waals surface area contributed by atoms with Crippen molar-refractivity contribution >= 4 is 11.5 Å². The van der Waals surface area contributed by atoms with Gasteiger partial charge in [-0.1, -0.05) is 0 Å². The molecule has 5 nitrogen and oxygen atoms in total. The highest BCUT2D eigenvalue weighted by molar-refractivity contribution is 5.54. The van der Waals surface area contributed by atoms with Crippen LogP contribution in [-0.4, -0.2) is 31.1 Å². The topological polar surface area (TPSA) is 54.8 Å². The number of methoxy groups -OCH3 is 1. The molecule has 0 unspecified atom stereocenters. The number of aromatic nitrogens is 1. The van der Waals surface area contributed by atoms with Crippen LogP contribution in [0, 0.1) is 4.91 Å². The number of hydrogen-bond acceptors (Lipinski definition) is 5. The summed E-state index contributed by atoms with van der Waals surface area (Å²) in [4.78, 5) is 16.3. The summed E-state index contributed by atoms with van der Waals surface area (Å²) in [5, 5.41) is 2.77. The molecule has 0 N–H and O–H groups in total. The highest BCUT2D eigenvalue weighted by Crippen LogP contribution is 2.32. The number of halogens is 2. The van der Waals surface area contributed by atoms with E-state index in [0.717, 1.165) is 0 Å². The normalized spacial score (nSPS) is 18.5. The second kappa shape index (κ2) is 4.83. The molecule has 1 fully saturated rings. The summed E-state index contributed by atoms with van der Waals surface area (Å²) in [5.74, 6) is -1.96. The van der Waals surface area contributed by atoms with Crippen molar-refractivity contribution in [2.24, 2.45) is 5.18 Å². The molecule has 98 valence electrons. The van der Waals surface area contributed by atoms with Gasteiger partial charge >= 0.3 is 0 Å². The van der Waals surface area contributed by atoms with Crippen LogP contribution in [0.15, 0.2) is 17.3 Å². The zero-order chi connectivity index (χ0) is 13.2. The molecular formula is C11H13F2N3O2. The number of ether oxygens (including phenoxy) is 1. The van der Waals surface area contributed by atoms with Crippen LogP contribution in [0.4, 0.5) is 20.3 Å². The number of hydrogen-bond donors (Lipinski definition) is 0. The average Bonchev–Trinajstić information content (AvgIpc) is 2.38. The maximum Gasteiger partial charge on any atom is 0.251 e. The molecule has 1 aliphatic heterocycles. The van der Waals surface area contributed by atoms with Crippen LogP contribution in [0.5, 0.6) is 5.88 Å². The summed E-state index contributed by atoms with van der Waals surface area (Å²) in [6.45, 7) is 0.466. The maximum atomic E-state index is 13.0. The summed E-state index contributed by atoms with van der Waals surface area (Å²) in [5.41, 5.74) is 0.101. The van der Waals surface area contributed by atoms with Gasteiger partial charge in [-0.3, -0.25) is 0 Å². The second-order valence-electron chi connectivity index (χ2n) is 4.13. The number of pyridine rings is 1.